The molecule has 8 heteroatoms. The van der Waals surface area contributed by atoms with Gasteiger partial charge in [0.15, 0.2) is 0 Å². The predicted molar refractivity (Wildman–Crippen MR) is 84.7 cm³/mol. The van der Waals surface area contributed by atoms with Crippen molar-refractivity contribution in [1.29, 1.82) is 0 Å². The van der Waals surface area contributed by atoms with Crippen LogP contribution in [0.25, 0.3) is 0 Å². The van der Waals surface area contributed by atoms with Crippen molar-refractivity contribution in [3.05, 3.63) is 45.9 Å². The molecule has 0 spiro atoms. The first kappa shape index (κ1) is 15.1. The third-order valence-electron chi connectivity index (χ3n) is 2.55. The number of nitrogen functional groups attached to an aromatic ring is 1. The third-order valence-corrected chi connectivity index (χ3v) is 4.70. The highest BCUT2D eigenvalue weighted by Gasteiger charge is 2.11. The highest BCUT2D eigenvalue weighted by atomic mass is 79.9. The maximum absolute atomic E-state index is 11.3. The Morgan fingerprint density at radius 3 is 2.45 bits per heavy atom. The van der Waals surface area contributed by atoms with Crippen LogP contribution < -0.4 is 16.2 Å². The molecule has 0 aliphatic rings. The Balaban J connectivity index is 2.40. The predicted octanol–water partition coefficient (Wildman–Crippen LogP) is 3.08. The van der Waals surface area contributed by atoms with E-state index in [1.807, 2.05) is 0 Å². The molecule has 0 saturated heterocycles. The van der Waals surface area contributed by atoms with Gasteiger partial charge in [-0.15, -0.1) is 0 Å². The van der Waals surface area contributed by atoms with Crippen LogP contribution >= 0.6 is 27.5 Å². The lowest BCUT2D eigenvalue weighted by Gasteiger charge is -2.11. The summed E-state index contributed by atoms with van der Waals surface area (Å²) in [6.07, 6.45) is 0. The van der Waals surface area contributed by atoms with E-state index < -0.39 is 10.0 Å². The normalized spacial score (nSPS) is 11.3. The molecule has 0 saturated carbocycles. The zero-order valence-corrected chi connectivity index (χ0v) is 13.3. The number of nitrogens with one attached hydrogen (secondary N) is 1. The second-order valence-corrected chi connectivity index (χ2v) is 6.87. The van der Waals surface area contributed by atoms with Crippen LogP contribution in [0.5, 0.6) is 0 Å². The molecule has 0 aliphatic heterocycles. The van der Waals surface area contributed by atoms with E-state index >= 15 is 0 Å². The van der Waals surface area contributed by atoms with Gasteiger partial charge in [0.25, 0.3) is 0 Å². The molecule has 2 aromatic rings. The summed E-state index contributed by atoms with van der Waals surface area (Å²) in [5.41, 5.74) is 7.32. The summed E-state index contributed by atoms with van der Waals surface area (Å²) in [5, 5.41) is 8.62. The molecule has 5 N–H and O–H groups in total. The van der Waals surface area contributed by atoms with Gasteiger partial charge in [0.2, 0.25) is 10.0 Å². The average Bonchev–Trinajstić information content (AvgIpc) is 2.35. The van der Waals surface area contributed by atoms with E-state index in [2.05, 4.69) is 21.2 Å². The first-order valence-electron chi connectivity index (χ1n) is 5.42. The zero-order valence-electron chi connectivity index (χ0n) is 10.1. The molecule has 0 atom stereocenters. The fourth-order valence-corrected chi connectivity index (χ4v) is 2.52. The van der Waals surface area contributed by atoms with Crippen molar-refractivity contribution in [2.45, 2.75) is 4.90 Å². The van der Waals surface area contributed by atoms with Crippen molar-refractivity contribution < 1.29 is 8.42 Å². The summed E-state index contributed by atoms with van der Waals surface area (Å²) >= 11 is 9.28. The van der Waals surface area contributed by atoms with Gasteiger partial charge in [0.05, 0.1) is 21.3 Å². The molecule has 0 fully saturated rings. The summed E-state index contributed by atoms with van der Waals surface area (Å²) in [6.45, 7) is 0. The maximum atomic E-state index is 11.3. The minimum Gasteiger partial charge on any atom is -0.397 e. The number of rotatable bonds is 3. The standard InChI is InChI=1S/C12H11BrClN3O2S/c13-9-3-1-7(5-10(9)14)17-12-6-8(20(16,18)19)2-4-11(12)15/h1-6,17H,15H2,(H2,16,18,19). The molecule has 0 bridgehead atoms. The summed E-state index contributed by atoms with van der Waals surface area (Å²) in [7, 11) is -3.78. The SMILES string of the molecule is Nc1ccc(S(N)(=O)=O)cc1Nc1ccc(Br)c(Cl)c1. The second-order valence-electron chi connectivity index (χ2n) is 4.05. The Bertz CT molecular complexity index is 765. The molecule has 106 valence electrons. The Morgan fingerprint density at radius 2 is 1.85 bits per heavy atom. The van der Waals surface area contributed by atoms with E-state index in [0.717, 1.165) is 4.47 Å². The molecule has 0 amide bonds. The average molecular weight is 377 g/mol. The van der Waals surface area contributed by atoms with Crippen molar-refractivity contribution >= 4 is 54.6 Å². The summed E-state index contributed by atoms with van der Waals surface area (Å²) < 4.78 is 23.4. The Labute approximate surface area is 130 Å². The van der Waals surface area contributed by atoms with Gasteiger partial charge in [0.1, 0.15) is 0 Å². The van der Waals surface area contributed by atoms with Crippen LogP contribution in [0.15, 0.2) is 45.8 Å². The number of benzene rings is 2. The van der Waals surface area contributed by atoms with Gasteiger partial charge in [-0.2, -0.15) is 0 Å². The Hall–Kier alpha value is -1.28. The van der Waals surface area contributed by atoms with Crippen LogP contribution in [0.3, 0.4) is 0 Å². The lowest BCUT2D eigenvalue weighted by atomic mass is 10.2. The van der Waals surface area contributed by atoms with Crippen LogP contribution in [-0.4, -0.2) is 8.42 Å². The monoisotopic (exact) mass is 375 g/mol. The third kappa shape index (κ3) is 3.43. The highest BCUT2D eigenvalue weighted by molar-refractivity contribution is 9.10. The number of primary sulfonamides is 1. The number of anilines is 3. The van der Waals surface area contributed by atoms with Crippen LogP contribution in [-0.2, 0) is 10.0 Å². The van der Waals surface area contributed by atoms with E-state index in [1.54, 1.807) is 18.2 Å². The van der Waals surface area contributed by atoms with E-state index in [1.165, 1.54) is 18.2 Å². The zero-order chi connectivity index (χ0) is 14.9. The van der Waals surface area contributed by atoms with Crippen molar-refractivity contribution in [3.63, 3.8) is 0 Å². The number of sulfonamides is 1. The Kier molecular flexibility index (Phi) is 4.24. The van der Waals surface area contributed by atoms with Gasteiger partial charge >= 0.3 is 0 Å². The number of hydrogen-bond acceptors (Lipinski definition) is 4. The molecule has 5 nitrogen and oxygen atoms in total. The lowest BCUT2D eigenvalue weighted by Crippen LogP contribution is -2.12. The lowest BCUT2D eigenvalue weighted by molar-refractivity contribution is 0.598. The first-order valence-corrected chi connectivity index (χ1v) is 8.13. The molecule has 0 aromatic heterocycles. The fourth-order valence-electron chi connectivity index (χ4n) is 1.55. The minimum atomic E-state index is -3.78. The van der Waals surface area contributed by atoms with Gasteiger partial charge in [-0.1, -0.05) is 11.6 Å². The molecule has 2 rings (SSSR count). The molecular weight excluding hydrogens is 366 g/mol. The van der Waals surface area contributed by atoms with Gasteiger partial charge < -0.3 is 11.1 Å². The molecule has 0 radical (unpaired) electrons. The molecular formula is C12H11BrClN3O2S. The van der Waals surface area contributed by atoms with E-state index in [4.69, 9.17) is 22.5 Å². The van der Waals surface area contributed by atoms with E-state index in [9.17, 15) is 8.42 Å². The molecule has 0 unspecified atom stereocenters. The van der Waals surface area contributed by atoms with Crippen LogP contribution in [0.1, 0.15) is 0 Å². The van der Waals surface area contributed by atoms with Crippen LogP contribution in [0, 0.1) is 0 Å². The summed E-state index contributed by atoms with van der Waals surface area (Å²) in [4.78, 5) is -0.0163. The van der Waals surface area contributed by atoms with Gasteiger partial charge in [-0.05, 0) is 52.3 Å². The summed E-state index contributed by atoms with van der Waals surface area (Å²) in [6, 6.07) is 9.44. The maximum Gasteiger partial charge on any atom is 0.238 e. The molecule has 0 heterocycles. The molecule has 2 aromatic carbocycles. The van der Waals surface area contributed by atoms with Crippen molar-refractivity contribution in [2.75, 3.05) is 11.1 Å². The number of halogens is 2. The van der Waals surface area contributed by atoms with Gasteiger partial charge in [-0.3, -0.25) is 0 Å². The largest absolute Gasteiger partial charge is 0.397 e. The first-order chi connectivity index (χ1) is 9.27. The van der Waals surface area contributed by atoms with Gasteiger partial charge in [0, 0.05) is 10.2 Å². The van der Waals surface area contributed by atoms with Crippen LogP contribution in [0.2, 0.25) is 5.02 Å². The van der Waals surface area contributed by atoms with Crippen molar-refractivity contribution in [3.8, 4) is 0 Å². The van der Waals surface area contributed by atoms with E-state index in [-0.39, 0.29) is 4.90 Å². The second kappa shape index (κ2) is 5.61. The summed E-state index contributed by atoms with van der Waals surface area (Å²) in [5.74, 6) is 0. The van der Waals surface area contributed by atoms with Crippen molar-refractivity contribution in [1.82, 2.24) is 0 Å². The van der Waals surface area contributed by atoms with E-state index in [0.29, 0.717) is 22.1 Å². The fraction of sp³-hybridized carbons (Fsp3) is 0. The molecule has 0 aliphatic carbocycles. The number of nitrogens with two attached hydrogens (primary N) is 2. The minimum absolute atomic E-state index is 0.0163. The van der Waals surface area contributed by atoms with Gasteiger partial charge in [-0.25, -0.2) is 13.6 Å². The van der Waals surface area contributed by atoms with Crippen molar-refractivity contribution in [2.24, 2.45) is 5.14 Å². The Morgan fingerprint density at radius 1 is 1.15 bits per heavy atom. The quantitative estimate of drug-likeness (QED) is 0.717. The van der Waals surface area contributed by atoms with Crippen LogP contribution in [0.4, 0.5) is 17.1 Å². The molecule has 20 heavy (non-hydrogen) atoms. The number of hydrogen-bond donors (Lipinski definition) is 3. The smallest absolute Gasteiger partial charge is 0.238 e. The topological polar surface area (TPSA) is 98.2 Å². The highest BCUT2D eigenvalue weighted by Crippen LogP contribution is 2.30.